The van der Waals surface area contributed by atoms with E-state index in [1.807, 2.05) is 0 Å². The average Bonchev–Trinajstić information content (AvgIpc) is 2.47. The first-order valence-electron chi connectivity index (χ1n) is 8.95. The van der Waals surface area contributed by atoms with Crippen LogP contribution in [-0.4, -0.2) is 23.4 Å². The molecule has 3 N–H and O–H groups in total. The fraction of sp³-hybridized carbons (Fsp3) is 0.889. The van der Waals surface area contributed by atoms with Gasteiger partial charge in [-0.1, -0.05) is 64.7 Å². The Balaban J connectivity index is 4.29. The van der Waals surface area contributed by atoms with Gasteiger partial charge >= 0.3 is 5.97 Å². The largest absolute Gasteiger partial charge is 0.480 e. The van der Waals surface area contributed by atoms with Gasteiger partial charge in [-0.05, 0) is 32.7 Å². The highest BCUT2D eigenvalue weighted by atomic mass is 16.4. The van der Waals surface area contributed by atoms with E-state index in [-0.39, 0.29) is 5.78 Å². The van der Waals surface area contributed by atoms with Crippen molar-refractivity contribution in [2.24, 2.45) is 11.1 Å². The van der Waals surface area contributed by atoms with Gasteiger partial charge in [-0.2, -0.15) is 0 Å². The maximum Gasteiger partial charge on any atom is 0.317 e. The Morgan fingerprint density at radius 2 is 1.32 bits per heavy atom. The number of Topliss-reactive ketones (excluding diaryl/α,β-unsaturated/α-hetero) is 1. The lowest BCUT2D eigenvalue weighted by molar-refractivity contribution is -0.155. The van der Waals surface area contributed by atoms with Gasteiger partial charge < -0.3 is 10.8 Å². The SMILES string of the molecule is CCCCCCC(CCCCCCCCN)(C(C)=O)C(=O)O. The minimum absolute atomic E-state index is 0.181. The lowest BCUT2D eigenvalue weighted by Gasteiger charge is -2.26. The number of carboxylic acids is 1. The number of nitrogens with two attached hydrogens (primary N) is 1. The van der Waals surface area contributed by atoms with E-state index in [2.05, 4.69) is 6.92 Å². The highest BCUT2D eigenvalue weighted by Crippen LogP contribution is 2.33. The van der Waals surface area contributed by atoms with Crippen LogP contribution in [0.3, 0.4) is 0 Å². The zero-order valence-corrected chi connectivity index (χ0v) is 14.5. The molecule has 0 aliphatic heterocycles. The summed E-state index contributed by atoms with van der Waals surface area (Å²) >= 11 is 0. The Hall–Kier alpha value is -0.900. The predicted octanol–water partition coefficient (Wildman–Crippen LogP) is 4.31. The van der Waals surface area contributed by atoms with Gasteiger partial charge in [0.25, 0.3) is 0 Å². The highest BCUT2D eigenvalue weighted by molar-refractivity contribution is 6.01. The molecule has 0 aliphatic rings. The third kappa shape index (κ3) is 7.92. The minimum atomic E-state index is -1.15. The van der Waals surface area contributed by atoms with Crippen molar-refractivity contribution >= 4 is 11.8 Å². The van der Waals surface area contributed by atoms with E-state index in [1.165, 1.54) is 6.92 Å². The summed E-state index contributed by atoms with van der Waals surface area (Å²) in [6, 6.07) is 0. The lowest BCUT2D eigenvalue weighted by Crippen LogP contribution is -2.38. The summed E-state index contributed by atoms with van der Waals surface area (Å²) < 4.78 is 0. The van der Waals surface area contributed by atoms with Crippen LogP contribution < -0.4 is 5.73 Å². The Morgan fingerprint density at radius 3 is 1.73 bits per heavy atom. The highest BCUT2D eigenvalue weighted by Gasteiger charge is 2.41. The van der Waals surface area contributed by atoms with Crippen molar-refractivity contribution in [3.05, 3.63) is 0 Å². The molecule has 0 spiro atoms. The molecule has 22 heavy (non-hydrogen) atoms. The number of carbonyl (C=O) groups is 2. The Bertz CT molecular complexity index is 301. The summed E-state index contributed by atoms with van der Waals surface area (Å²) in [5, 5.41) is 9.59. The molecule has 0 bridgehead atoms. The molecular weight excluding hydrogens is 278 g/mol. The van der Waals surface area contributed by atoms with Gasteiger partial charge in [0.1, 0.15) is 11.2 Å². The summed E-state index contributed by atoms with van der Waals surface area (Å²) in [7, 11) is 0. The smallest absolute Gasteiger partial charge is 0.317 e. The number of carbonyl (C=O) groups excluding carboxylic acids is 1. The van der Waals surface area contributed by atoms with Crippen molar-refractivity contribution in [1.29, 1.82) is 0 Å². The third-order valence-corrected chi connectivity index (χ3v) is 4.60. The number of carboxylic acid groups (broad SMARTS) is 1. The number of hydrogen-bond acceptors (Lipinski definition) is 3. The normalized spacial score (nSPS) is 13.8. The first-order chi connectivity index (χ1) is 10.5. The molecule has 0 aromatic rings. The summed E-state index contributed by atoms with van der Waals surface area (Å²) in [5.74, 6) is -1.11. The van der Waals surface area contributed by atoms with Crippen LogP contribution >= 0.6 is 0 Å². The Morgan fingerprint density at radius 1 is 0.864 bits per heavy atom. The summed E-state index contributed by atoms with van der Waals surface area (Å²) in [6.07, 6.45) is 11.3. The van der Waals surface area contributed by atoms with Crippen LogP contribution in [0.5, 0.6) is 0 Å². The zero-order chi connectivity index (χ0) is 16.8. The van der Waals surface area contributed by atoms with Gasteiger partial charge in [0.05, 0.1) is 0 Å². The van der Waals surface area contributed by atoms with Crippen molar-refractivity contribution in [1.82, 2.24) is 0 Å². The fourth-order valence-electron chi connectivity index (χ4n) is 2.97. The van der Waals surface area contributed by atoms with E-state index in [9.17, 15) is 14.7 Å². The van der Waals surface area contributed by atoms with Gasteiger partial charge in [-0.25, -0.2) is 0 Å². The molecular formula is C18H35NO3. The van der Waals surface area contributed by atoms with Crippen molar-refractivity contribution in [2.45, 2.75) is 90.9 Å². The first kappa shape index (κ1) is 21.1. The van der Waals surface area contributed by atoms with E-state index >= 15 is 0 Å². The molecule has 0 fully saturated rings. The molecule has 0 amide bonds. The number of aliphatic carboxylic acids is 1. The Kier molecular flexibility index (Phi) is 12.1. The molecule has 0 saturated heterocycles. The molecule has 1 unspecified atom stereocenters. The first-order valence-corrected chi connectivity index (χ1v) is 8.95. The molecule has 0 saturated carbocycles. The molecule has 130 valence electrons. The standard InChI is InChI=1S/C18H35NO3/c1-3-4-5-10-13-18(16(2)20,17(21)22)14-11-8-6-7-9-12-15-19/h3-15,19H2,1-2H3,(H,21,22). The van der Waals surface area contributed by atoms with E-state index in [4.69, 9.17) is 5.73 Å². The van der Waals surface area contributed by atoms with Gasteiger partial charge in [-0.3, -0.25) is 9.59 Å². The van der Waals surface area contributed by atoms with E-state index < -0.39 is 11.4 Å². The van der Waals surface area contributed by atoms with E-state index in [0.29, 0.717) is 12.8 Å². The molecule has 0 rings (SSSR count). The second-order valence-electron chi connectivity index (χ2n) is 6.41. The molecule has 1 atom stereocenters. The molecule has 0 radical (unpaired) electrons. The van der Waals surface area contributed by atoms with Crippen LogP contribution in [0.4, 0.5) is 0 Å². The Labute approximate surface area is 135 Å². The predicted molar refractivity (Wildman–Crippen MR) is 90.9 cm³/mol. The van der Waals surface area contributed by atoms with Crippen molar-refractivity contribution in [3.8, 4) is 0 Å². The lowest BCUT2D eigenvalue weighted by atomic mass is 9.75. The average molecular weight is 313 g/mol. The second-order valence-corrected chi connectivity index (χ2v) is 6.41. The van der Waals surface area contributed by atoms with Crippen molar-refractivity contribution < 1.29 is 14.7 Å². The fourth-order valence-corrected chi connectivity index (χ4v) is 2.97. The van der Waals surface area contributed by atoms with E-state index in [0.717, 1.165) is 70.8 Å². The van der Waals surface area contributed by atoms with Crippen LogP contribution in [-0.2, 0) is 9.59 Å². The third-order valence-electron chi connectivity index (χ3n) is 4.60. The zero-order valence-electron chi connectivity index (χ0n) is 14.5. The second kappa shape index (κ2) is 12.6. The maximum absolute atomic E-state index is 12.0. The molecule has 0 aromatic carbocycles. The topological polar surface area (TPSA) is 80.4 Å². The van der Waals surface area contributed by atoms with Gasteiger partial charge in [-0.15, -0.1) is 0 Å². The van der Waals surface area contributed by atoms with Crippen LogP contribution in [0.25, 0.3) is 0 Å². The molecule has 0 aromatic heterocycles. The summed E-state index contributed by atoms with van der Waals surface area (Å²) in [6.45, 7) is 4.31. The molecule has 0 heterocycles. The number of unbranched alkanes of at least 4 members (excludes halogenated alkanes) is 8. The van der Waals surface area contributed by atoms with Crippen molar-refractivity contribution in [3.63, 3.8) is 0 Å². The molecule has 0 aliphatic carbocycles. The summed E-state index contributed by atoms with van der Waals surface area (Å²) in [5.41, 5.74) is 4.31. The van der Waals surface area contributed by atoms with Gasteiger partial charge in [0.2, 0.25) is 0 Å². The maximum atomic E-state index is 12.0. The number of ketones is 1. The van der Waals surface area contributed by atoms with E-state index in [1.54, 1.807) is 0 Å². The van der Waals surface area contributed by atoms with Crippen LogP contribution in [0.2, 0.25) is 0 Å². The quantitative estimate of drug-likeness (QED) is 0.349. The molecule has 4 heteroatoms. The monoisotopic (exact) mass is 313 g/mol. The van der Waals surface area contributed by atoms with Crippen LogP contribution in [0, 0.1) is 5.41 Å². The molecule has 4 nitrogen and oxygen atoms in total. The van der Waals surface area contributed by atoms with Crippen LogP contribution in [0.15, 0.2) is 0 Å². The van der Waals surface area contributed by atoms with Crippen LogP contribution in [0.1, 0.15) is 90.9 Å². The van der Waals surface area contributed by atoms with Gasteiger partial charge in [0, 0.05) is 0 Å². The minimum Gasteiger partial charge on any atom is -0.480 e. The number of hydrogen-bond donors (Lipinski definition) is 2. The summed E-state index contributed by atoms with van der Waals surface area (Å²) in [4.78, 5) is 23.7. The number of rotatable bonds is 15. The van der Waals surface area contributed by atoms with Crippen molar-refractivity contribution in [2.75, 3.05) is 6.54 Å². The van der Waals surface area contributed by atoms with Gasteiger partial charge in [0.15, 0.2) is 0 Å².